The van der Waals surface area contributed by atoms with Crippen molar-refractivity contribution < 1.29 is 9.18 Å². The summed E-state index contributed by atoms with van der Waals surface area (Å²) in [4.78, 5) is 11.8. The number of nitrogens with one attached hydrogen (secondary N) is 1. The third-order valence-corrected chi connectivity index (χ3v) is 2.84. The average Bonchev–Trinajstić information content (AvgIpc) is 2.74. The Bertz CT molecular complexity index is 511. The summed E-state index contributed by atoms with van der Waals surface area (Å²) in [7, 11) is 0. The molecule has 1 aromatic heterocycles. The van der Waals surface area contributed by atoms with Crippen molar-refractivity contribution in [2.24, 2.45) is 0 Å². The number of halogens is 2. The molecule has 0 unspecified atom stereocenters. The summed E-state index contributed by atoms with van der Waals surface area (Å²) >= 11 is 3.04. The number of rotatable bonds is 2. The van der Waals surface area contributed by atoms with Crippen molar-refractivity contribution in [3.8, 4) is 0 Å². The Morgan fingerprint density at radius 2 is 1.94 bits per heavy atom. The van der Waals surface area contributed by atoms with Gasteiger partial charge in [0, 0.05) is 12.4 Å². The lowest BCUT2D eigenvalue weighted by Gasteiger charge is -2.07. The van der Waals surface area contributed by atoms with Crippen LogP contribution in [0.4, 0.5) is 4.39 Å². The van der Waals surface area contributed by atoms with Crippen LogP contribution in [0.1, 0.15) is 10.4 Å². The fourth-order valence-corrected chi connectivity index (χ4v) is 1.71. The lowest BCUT2D eigenvalue weighted by Crippen LogP contribution is -2.21. The van der Waals surface area contributed by atoms with Crippen molar-refractivity contribution in [1.82, 2.24) is 4.68 Å². The zero-order valence-corrected chi connectivity index (χ0v) is 9.74. The van der Waals surface area contributed by atoms with E-state index in [4.69, 9.17) is 0 Å². The molecule has 2 aromatic rings. The summed E-state index contributed by atoms with van der Waals surface area (Å²) in [5.74, 6) is -0.831. The number of aromatic nitrogens is 1. The van der Waals surface area contributed by atoms with Gasteiger partial charge in [-0.3, -0.25) is 14.9 Å². The minimum atomic E-state index is -0.458. The summed E-state index contributed by atoms with van der Waals surface area (Å²) in [6.07, 6.45) is 3.37. The largest absolute Gasteiger partial charge is 0.271 e. The van der Waals surface area contributed by atoms with E-state index in [1.54, 1.807) is 30.6 Å². The molecule has 0 radical (unpaired) electrons. The highest BCUT2D eigenvalue weighted by Crippen LogP contribution is 2.20. The molecule has 0 atom stereocenters. The molecular formula is C11H8BrFN2O. The second kappa shape index (κ2) is 4.49. The normalized spacial score (nSPS) is 10.1. The molecule has 0 aliphatic carbocycles. The number of hydrogen-bond acceptors (Lipinski definition) is 1. The fraction of sp³-hybridized carbons (Fsp3) is 0. The molecule has 2 rings (SSSR count). The molecule has 0 aliphatic rings. The smallest absolute Gasteiger partial charge is 0.268 e. The number of amides is 1. The van der Waals surface area contributed by atoms with Crippen LogP contribution >= 0.6 is 15.9 Å². The SMILES string of the molecule is O=C(Nn1cccc1)c1cccc(F)c1Br. The summed E-state index contributed by atoms with van der Waals surface area (Å²) in [5.41, 5.74) is 2.85. The van der Waals surface area contributed by atoms with Crippen LogP contribution in [0.5, 0.6) is 0 Å². The van der Waals surface area contributed by atoms with Crippen LogP contribution in [-0.4, -0.2) is 10.6 Å². The van der Waals surface area contributed by atoms with Gasteiger partial charge in [-0.2, -0.15) is 0 Å². The highest BCUT2D eigenvalue weighted by molar-refractivity contribution is 9.10. The Hall–Kier alpha value is -1.62. The van der Waals surface area contributed by atoms with Crippen molar-refractivity contribution in [2.45, 2.75) is 0 Å². The molecule has 0 bridgehead atoms. The molecule has 1 aromatic carbocycles. The van der Waals surface area contributed by atoms with E-state index >= 15 is 0 Å². The van der Waals surface area contributed by atoms with Gasteiger partial charge in [-0.05, 0) is 40.2 Å². The first-order chi connectivity index (χ1) is 7.68. The maximum absolute atomic E-state index is 13.2. The Labute approximate surface area is 100.0 Å². The van der Waals surface area contributed by atoms with E-state index < -0.39 is 5.82 Å². The first-order valence-electron chi connectivity index (χ1n) is 4.57. The van der Waals surface area contributed by atoms with Gasteiger partial charge >= 0.3 is 0 Å². The first-order valence-corrected chi connectivity index (χ1v) is 5.36. The van der Waals surface area contributed by atoms with Crippen molar-refractivity contribution in [2.75, 3.05) is 5.43 Å². The van der Waals surface area contributed by atoms with Gasteiger partial charge in [0.15, 0.2) is 0 Å². The topological polar surface area (TPSA) is 34.0 Å². The molecule has 16 heavy (non-hydrogen) atoms. The third-order valence-electron chi connectivity index (χ3n) is 2.03. The van der Waals surface area contributed by atoms with Crippen molar-refractivity contribution in [1.29, 1.82) is 0 Å². The molecule has 1 amide bonds. The summed E-state index contributed by atoms with van der Waals surface area (Å²) in [5, 5.41) is 0. The number of benzene rings is 1. The Morgan fingerprint density at radius 1 is 1.25 bits per heavy atom. The molecule has 5 heteroatoms. The third kappa shape index (κ3) is 2.14. The fourth-order valence-electron chi connectivity index (χ4n) is 1.27. The summed E-state index contributed by atoms with van der Waals surface area (Å²) in [6, 6.07) is 7.88. The average molecular weight is 283 g/mol. The van der Waals surface area contributed by atoms with Crippen LogP contribution in [0.15, 0.2) is 47.2 Å². The van der Waals surface area contributed by atoms with Gasteiger partial charge in [0.2, 0.25) is 0 Å². The van der Waals surface area contributed by atoms with Gasteiger partial charge in [-0.25, -0.2) is 4.39 Å². The molecule has 1 heterocycles. The van der Waals surface area contributed by atoms with E-state index in [0.29, 0.717) is 0 Å². The van der Waals surface area contributed by atoms with E-state index in [-0.39, 0.29) is 15.9 Å². The van der Waals surface area contributed by atoms with Gasteiger partial charge in [0.1, 0.15) is 5.82 Å². The summed E-state index contributed by atoms with van der Waals surface area (Å²) < 4.78 is 14.9. The van der Waals surface area contributed by atoms with Crippen LogP contribution in [0.2, 0.25) is 0 Å². The van der Waals surface area contributed by atoms with Gasteiger partial charge in [-0.15, -0.1) is 0 Å². The molecule has 82 valence electrons. The monoisotopic (exact) mass is 282 g/mol. The minimum absolute atomic E-state index is 0.166. The molecule has 1 N–H and O–H groups in total. The molecule has 0 aliphatic heterocycles. The van der Waals surface area contributed by atoms with E-state index in [2.05, 4.69) is 21.4 Å². The predicted molar refractivity (Wildman–Crippen MR) is 62.2 cm³/mol. The summed E-state index contributed by atoms with van der Waals surface area (Å²) in [6.45, 7) is 0. The maximum Gasteiger partial charge on any atom is 0.271 e. The number of carbonyl (C=O) groups excluding carboxylic acids is 1. The highest BCUT2D eigenvalue weighted by Gasteiger charge is 2.12. The lowest BCUT2D eigenvalue weighted by atomic mass is 10.2. The molecule has 0 spiro atoms. The number of nitrogens with zero attached hydrogens (tertiary/aromatic N) is 1. The Kier molecular flexibility index (Phi) is 3.05. The van der Waals surface area contributed by atoms with Crippen LogP contribution < -0.4 is 5.43 Å². The zero-order valence-electron chi connectivity index (χ0n) is 8.15. The highest BCUT2D eigenvalue weighted by atomic mass is 79.9. The standard InChI is InChI=1S/C11H8BrFN2O/c12-10-8(4-3-5-9(10)13)11(16)14-15-6-1-2-7-15/h1-7H,(H,14,16). The Balaban J connectivity index is 2.24. The van der Waals surface area contributed by atoms with Crippen molar-refractivity contribution >= 4 is 21.8 Å². The van der Waals surface area contributed by atoms with Gasteiger partial charge in [0.05, 0.1) is 10.0 Å². The van der Waals surface area contributed by atoms with E-state index in [0.717, 1.165) is 0 Å². The Morgan fingerprint density at radius 3 is 2.62 bits per heavy atom. The first kappa shape index (κ1) is 10.9. The van der Waals surface area contributed by atoms with Crippen LogP contribution in [0.25, 0.3) is 0 Å². The molecule has 3 nitrogen and oxygen atoms in total. The van der Waals surface area contributed by atoms with Gasteiger partial charge in [0.25, 0.3) is 5.91 Å². The molecule has 0 fully saturated rings. The quantitative estimate of drug-likeness (QED) is 0.903. The van der Waals surface area contributed by atoms with Crippen LogP contribution in [-0.2, 0) is 0 Å². The van der Waals surface area contributed by atoms with E-state index in [9.17, 15) is 9.18 Å². The van der Waals surface area contributed by atoms with Crippen LogP contribution in [0.3, 0.4) is 0 Å². The molecule has 0 saturated carbocycles. The maximum atomic E-state index is 13.2. The molecular weight excluding hydrogens is 275 g/mol. The van der Waals surface area contributed by atoms with E-state index in [1.165, 1.54) is 16.8 Å². The van der Waals surface area contributed by atoms with Crippen molar-refractivity contribution in [3.63, 3.8) is 0 Å². The number of hydrogen-bond donors (Lipinski definition) is 1. The number of carbonyl (C=O) groups is 1. The predicted octanol–water partition coefficient (Wildman–Crippen LogP) is 2.77. The lowest BCUT2D eigenvalue weighted by molar-refractivity contribution is 0.101. The molecule has 0 saturated heterocycles. The van der Waals surface area contributed by atoms with Crippen molar-refractivity contribution in [3.05, 3.63) is 58.6 Å². The second-order valence-electron chi connectivity index (χ2n) is 3.13. The minimum Gasteiger partial charge on any atom is -0.268 e. The van der Waals surface area contributed by atoms with Gasteiger partial charge in [-0.1, -0.05) is 6.07 Å². The van der Waals surface area contributed by atoms with Crippen LogP contribution in [0, 0.1) is 5.82 Å². The second-order valence-corrected chi connectivity index (χ2v) is 3.93. The van der Waals surface area contributed by atoms with Gasteiger partial charge < -0.3 is 0 Å². The zero-order chi connectivity index (χ0) is 11.5. The van der Waals surface area contributed by atoms with E-state index in [1.807, 2.05) is 0 Å².